The second kappa shape index (κ2) is 6.22. The van der Waals surface area contributed by atoms with Crippen LogP contribution in [0.2, 0.25) is 0 Å². The van der Waals surface area contributed by atoms with Gasteiger partial charge in [0.25, 0.3) is 0 Å². The Kier molecular flexibility index (Phi) is 4.91. The number of carboxylic acid groups (broad SMARTS) is 1. The molecule has 0 aliphatic heterocycles. The highest BCUT2D eigenvalue weighted by Gasteiger charge is 2.08. The molecule has 90 valence electrons. The van der Waals surface area contributed by atoms with E-state index in [0.29, 0.717) is 26.0 Å². The summed E-state index contributed by atoms with van der Waals surface area (Å²) in [6.07, 6.45) is 1.46. The molecule has 0 spiro atoms. The van der Waals surface area contributed by atoms with Gasteiger partial charge in [0.1, 0.15) is 11.6 Å². The minimum absolute atomic E-state index is 0.168. The van der Waals surface area contributed by atoms with Crippen LogP contribution in [-0.2, 0) is 22.5 Å². The van der Waals surface area contributed by atoms with Crippen molar-refractivity contribution in [1.82, 2.24) is 14.8 Å². The molecule has 1 heterocycles. The van der Waals surface area contributed by atoms with Crippen LogP contribution in [0.15, 0.2) is 0 Å². The fraction of sp³-hybridized carbons (Fsp3) is 0.700. The lowest BCUT2D eigenvalue weighted by molar-refractivity contribution is -0.137. The van der Waals surface area contributed by atoms with Crippen LogP contribution in [0.25, 0.3) is 0 Å². The molecule has 0 saturated heterocycles. The lowest BCUT2D eigenvalue weighted by atomic mass is 10.3. The molecule has 0 saturated carbocycles. The van der Waals surface area contributed by atoms with Gasteiger partial charge >= 0.3 is 5.97 Å². The van der Waals surface area contributed by atoms with Crippen LogP contribution < -0.4 is 0 Å². The minimum atomic E-state index is -0.774. The number of nitrogens with zero attached hydrogens (tertiary/aromatic N) is 3. The van der Waals surface area contributed by atoms with Gasteiger partial charge in [0.15, 0.2) is 0 Å². The predicted molar refractivity (Wildman–Crippen MR) is 57.2 cm³/mol. The summed E-state index contributed by atoms with van der Waals surface area (Å²) < 4.78 is 6.92. The van der Waals surface area contributed by atoms with Gasteiger partial charge in [-0.25, -0.2) is 0 Å². The Labute approximate surface area is 94.2 Å². The fourth-order valence-electron chi connectivity index (χ4n) is 1.48. The maximum atomic E-state index is 10.4. The van der Waals surface area contributed by atoms with Crippen LogP contribution in [0.3, 0.4) is 0 Å². The average Bonchev–Trinajstić information content (AvgIpc) is 2.57. The van der Waals surface area contributed by atoms with Gasteiger partial charge in [-0.15, -0.1) is 10.2 Å². The number of rotatable bonds is 7. The zero-order valence-corrected chi connectivity index (χ0v) is 9.64. The van der Waals surface area contributed by atoms with E-state index in [4.69, 9.17) is 9.84 Å². The summed E-state index contributed by atoms with van der Waals surface area (Å²) in [4.78, 5) is 10.4. The van der Waals surface area contributed by atoms with Crippen LogP contribution in [0.4, 0.5) is 0 Å². The number of methoxy groups -OCH3 is 1. The molecule has 6 nitrogen and oxygen atoms in total. The maximum Gasteiger partial charge on any atom is 0.303 e. The average molecular weight is 227 g/mol. The molecule has 0 unspecified atom stereocenters. The Bertz CT molecular complexity index is 349. The highest BCUT2D eigenvalue weighted by molar-refractivity contribution is 5.66. The van der Waals surface area contributed by atoms with Crippen molar-refractivity contribution in [3.05, 3.63) is 11.6 Å². The minimum Gasteiger partial charge on any atom is -0.481 e. The summed E-state index contributed by atoms with van der Waals surface area (Å²) in [5.41, 5.74) is 0. The Morgan fingerprint density at radius 1 is 1.50 bits per heavy atom. The molecule has 1 N–H and O–H groups in total. The Morgan fingerprint density at radius 2 is 2.25 bits per heavy atom. The molecule has 0 radical (unpaired) electrons. The zero-order chi connectivity index (χ0) is 12.0. The van der Waals surface area contributed by atoms with Crippen molar-refractivity contribution in [3.63, 3.8) is 0 Å². The van der Waals surface area contributed by atoms with E-state index in [0.717, 1.165) is 11.6 Å². The molecule has 0 amide bonds. The van der Waals surface area contributed by atoms with Crippen molar-refractivity contribution in [1.29, 1.82) is 0 Å². The van der Waals surface area contributed by atoms with Crippen LogP contribution in [0, 0.1) is 6.92 Å². The molecule has 6 heteroatoms. The third-order valence-electron chi connectivity index (χ3n) is 2.31. The highest BCUT2D eigenvalue weighted by atomic mass is 16.5. The summed E-state index contributed by atoms with van der Waals surface area (Å²) in [5, 5.41) is 16.6. The molecule has 1 aromatic heterocycles. The molecule has 0 aliphatic carbocycles. The van der Waals surface area contributed by atoms with Crippen LogP contribution in [0.5, 0.6) is 0 Å². The second-order valence-electron chi connectivity index (χ2n) is 3.56. The van der Waals surface area contributed by atoms with Gasteiger partial charge in [0.2, 0.25) is 0 Å². The van der Waals surface area contributed by atoms with Crippen LogP contribution >= 0.6 is 0 Å². The number of carbonyl (C=O) groups is 1. The zero-order valence-electron chi connectivity index (χ0n) is 9.64. The first-order valence-electron chi connectivity index (χ1n) is 5.24. The van der Waals surface area contributed by atoms with Crippen LogP contribution in [0.1, 0.15) is 24.5 Å². The van der Waals surface area contributed by atoms with Crippen LogP contribution in [-0.4, -0.2) is 39.6 Å². The number of hydrogen-bond acceptors (Lipinski definition) is 4. The van der Waals surface area contributed by atoms with E-state index < -0.39 is 5.97 Å². The van der Waals surface area contributed by atoms with Gasteiger partial charge in [0, 0.05) is 26.5 Å². The molecule has 0 aromatic carbocycles. The van der Waals surface area contributed by atoms with Gasteiger partial charge < -0.3 is 14.4 Å². The van der Waals surface area contributed by atoms with Crippen molar-refractivity contribution in [2.24, 2.45) is 0 Å². The molecule has 1 rings (SSSR count). The second-order valence-corrected chi connectivity index (χ2v) is 3.56. The molecule has 0 aliphatic rings. The van der Waals surface area contributed by atoms with E-state index in [9.17, 15) is 4.79 Å². The lowest BCUT2D eigenvalue weighted by Gasteiger charge is -2.07. The van der Waals surface area contributed by atoms with Gasteiger partial charge in [-0.2, -0.15) is 0 Å². The summed E-state index contributed by atoms with van der Waals surface area (Å²) in [6.45, 7) is 3.10. The first-order chi connectivity index (χ1) is 7.65. The van der Waals surface area contributed by atoms with Gasteiger partial charge in [-0.3, -0.25) is 4.79 Å². The normalized spacial score (nSPS) is 10.6. The van der Waals surface area contributed by atoms with Crippen molar-refractivity contribution in [2.45, 2.75) is 32.7 Å². The standard InChI is InChI=1S/C10H17N3O3/c1-8-11-12-9(5-7-16-2)13(8)6-3-4-10(14)15/h3-7H2,1-2H3,(H,14,15). The number of ether oxygens (including phenoxy) is 1. The Morgan fingerprint density at radius 3 is 2.88 bits per heavy atom. The smallest absolute Gasteiger partial charge is 0.303 e. The Hall–Kier alpha value is -1.43. The molecule has 0 bridgehead atoms. The van der Waals surface area contributed by atoms with E-state index in [1.54, 1.807) is 7.11 Å². The molecular formula is C10H17N3O3. The first kappa shape index (κ1) is 12.6. The van der Waals surface area contributed by atoms with E-state index in [1.807, 2.05) is 11.5 Å². The summed E-state index contributed by atoms with van der Waals surface area (Å²) in [6, 6.07) is 0. The lowest BCUT2D eigenvalue weighted by Crippen LogP contribution is -2.09. The largest absolute Gasteiger partial charge is 0.481 e. The monoisotopic (exact) mass is 227 g/mol. The quantitative estimate of drug-likeness (QED) is 0.739. The summed E-state index contributed by atoms with van der Waals surface area (Å²) >= 11 is 0. The summed E-state index contributed by atoms with van der Waals surface area (Å²) in [7, 11) is 1.64. The molecule has 1 aromatic rings. The van der Waals surface area contributed by atoms with E-state index >= 15 is 0 Å². The highest BCUT2D eigenvalue weighted by Crippen LogP contribution is 2.05. The number of aliphatic carboxylic acids is 1. The third kappa shape index (κ3) is 3.62. The molecule has 16 heavy (non-hydrogen) atoms. The number of aromatic nitrogens is 3. The van der Waals surface area contributed by atoms with E-state index in [-0.39, 0.29) is 6.42 Å². The van der Waals surface area contributed by atoms with E-state index in [2.05, 4.69) is 10.2 Å². The molecular weight excluding hydrogens is 210 g/mol. The van der Waals surface area contributed by atoms with Crippen molar-refractivity contribution in [3.8, 4) is 0 Å². The van der Waals surface area contributed by atoms with Crippen molar-refractivity contribution >= 4 is 5.97 Å². The predicted octanol–water partition coefficient (Wildman–Crippen LogP) is 0.640. The number of aryl methyl sites for hydroxylation is 1. The summed E-state index contributed by atoms with van der Waals surface area (Å²) in [5.74, 6) is 0.894. The SMILES string of the molecule is COCCc1nnc(C)n1CCCC(=O)O. The van der Waals surface area contributed by atoms with Gasteiger partial charge in [-0.05, 0) is 13.3 Å². The molecule has 0 fully saturated rings. The molecule has 0 atom stereocenters. The topological polar surface area (TPSA) is 77.2 Å². The van der Waals surface area contributed by atoms with Gasteiger partial charge in [-0.1, -0.05) is 0 Å². The van der Waals surface area contributed by atoms with Crippen molar-refractivity contribution in [2.75, 3.05) is 13.7 Å². The first-order valence-corrected chi connectivity index (χ1v) is 5.24. The van der Waals surface area contributed by atoms with E-state index in [1.165, 1.54) is 0 Å². The Balaban J connectivity index is 2.55. The number of hydrogen-bond donors (Lipinski definition) is 1. The fourth-order valence-corrected chi connectivity index (χ4v) is 1.48. The van der Waals surface area contributed by atoms with Gasteiger partial charge in [0.05, 0.1) is 6.61 Å². The third-order valence-corrected chi connectivity index (χ3v) is 2.31. The number of carboxylic acids is 1. The van der Waals surface area contributed by atoms with Crippen molar-refractivity contribution < 1.29 is 14.6 Å². The maximum absolute atomic E-state index is 10.4.